The monoisotopic (exact) mass is 318 g/mol. The Morgan fingerprint density at radius 3 is 2.82 bits per heavy atom. The van der Waals surface area contributed by atoms with E-state index in [9.17, 15) is 4.79 Å². The van der Waals surface area contributed by atoms with Crippen LogP contribution < -0.4 is 5.56 Å². The van der Waals surface area contributed by atoms with Crippen LogP contribution in [-0.4, -0.2) is 31.6 Å². The lowest BCUT2D eigenvalue weighted by Crippen LogP contribution is -2.36. The molecule has 2 fully saturated rings. The Balaban J connectivity index is 1.63. The second-order valence-corrected chi connectivity index (χ2v) is 7.65. The summed E-state index contributed by atoms with van der Waals surface area (Å²) in [5.41, 5.74) is 0.849. The number of hydrogen-bond donors (Lipinski definition) is 0. The lowest BCUT2D eigenvalue weighted by Gasteiger charge is -2.28. The van der Waals surface area contributed by atoms with Crippen LogP contribution in [0.25, 0.3) is 4.96 Å². The number of rotatable bonds is 6. The van der Waals surface area contributed by atoms with E-state index >= 15 is 0 Å². The molecule has 2 heterocycles. The maximum Gasteiger partial charge on any atom is 0.275 e. The number of fused-ring (bicyclic) bond motifs is 1. The van der Waals surface area contributed by atoms with E-state index in [0.29, 0.717) is 12.1 Å². The highest BCUT2D eigenvalue weighted by Gasteiger charge is 2.39. The van der Waals surface area contributed by atoms with Gasteiger partial charge in [0.2, 0.25) is 4.96 Å². The average molecular weight is 318 g/mol. The molecule has 2 aromatic heterocycles. The zero-order chi connectivity index (χ0) is 15.3. The topological polar surface area (TPSA) is 50.5 Å². The number of nitrogens with zero attached hydrogens (tertiary/aromatic N) is 4. The van der Waals surface area contributed by atoms with Gasteiger partial charge in [0.05, 0.1) is 5.69 Å². The van der Waals surface area contributed by atoms with Crippen LogP contribution in [0.5, 0.6) is 0 Å². The molecule has 118 valence electrons. The van der Waals surface area contributed by atoms with E-state index in [1.54, 1.807) is 6.07 Å². The molecule has 2 saturated carbocycles. The van der Waals surface area contributed by atoms with Crippen molar-refractivity contribution in [3.8, 4) is 0 Å². The first-order valence-corrected chi connectivity index (χ1v) is 9.11. The van der Waals surface area contributed by atoms with Gasteiger partial charge in [0.25, 0.3) is 5.56 Å². The van der Waals surface area contributed by atoms with E-state index in [1.807, 2.05) is 0 Å². The van der Waals surface area contributed by atoms with Gasteiger partial charge in [-0.15, -0.1) is 0 Å². The molecule has 0 aliphatic heterocycles. The molecule has 22 heavy (non-hydrogen) atoms. The van der Waals surface area contributed by atoms with E-state index in [0.717, 1.165) is 34.5 Å². The molecule has 2 aromatic rings. The van der Waals surface area contributed by atoms with Gasteiger partial charge < -0.3 is 0 Å². The van der Waals surface area contributed by atoms with Crippen molar-refractivity contribution in [3.05, 3.63) is 27.1 Å². The summed E-state index contributed by atoms with van der Waals surface area (Å²) in [4.78, 5) is 20.3. The quantitative estimate of drug-likeness (QED) is 0.821. The van der Waals surface area contributed by atoms with E-state index in [1.165, 1.54) is 41.5 Å². The fourth-order valence-electron chi connectivity index (χ4n) is 3.17. The van der Waals surface area contributed by atoms with Crippen molar-refractivity contribution in [2.24, 2.45) is 5.92 Å². The largest absolute Gasteiger partial charge is 0.292 e. The molecule has 0 spiro atoms. The number of hydrogen-bond acceptors (Lipinski definition) is 5. The fraction of sp³-hybridized carbons (Fsp3) is 0.688. The first-order valence-electron chi connectivity index (χ1n) is 8.30. The Hall–Kier alpha value is -1.27. The third kappa shape index (κ3) is 2.70. The summed E-state index contributed by atoms with van der Waals surface area (Å²) in [6.07, 6.45) is 6.13. The summed E-state index contributed by atoms with van der Waals surface area (Å²) in [5.74, 6) is 0.848. The Morgan fingerprint density at radius 2 is 2.18 bits per heavy atom. The zero-order valence-corrected chi connectivity index (χ0v) is 14.0. The van der Waals surface area contributed by atoms with Crippen LogP contribution >= 0.6 is 11.3 Å². The van der Waals surface area contributed by atoms with Gasteiger partial charge in [-0.3, -0.25) is 9.69 Å². The minimum Gasteiger partial charge on any atom is -0.292 e. The van der Waals surface area contributed by atoms with Gasteiger partial charge in [-0.1, -0.05) is 18.3 Å². The van der Waals surface area contributed by atoms with Crippen molar-refractivity contribution >= 4 is 16.3 Å². The van der Waals surface area contributed by atoms with Gasteiger partial charge in [-0.05, 0) is 44.9 Å². The highest BCUT2D eigenvalue weighted by atomic mass is 32.1. The first-order chi connectivity index (χ1) is 10.7. The van der Waals surface area contributed by atoms with Crippen molar-refractivity contribution in [3.63, 3.8) is 0 Å². The second kappa shape index (κ2) is 5.42. The van der Waals surface area contributed by atoms with Crippen LogP contribution in [0.4, 0.5) is 0 Å². The third-order valence-corrected chi connectivity index (χ3v) is 5.88. The molecule has 5 nitrogen and oxygen atoms in total. The van der Waals surface area contributed by atoms with Gasteiger partial charge in [0, 0.05) is 24.7 Å². The Labute approximate surface area is 134 Å². The third-order valence-electron chi connectivity index (χ3n) is 4.83. The predicted octanol–water partition coefficient (Wildman–Crippen LogP) is 2.48. The molecular formula is C16H22N4OS. The van der Waals surface area contributed by atoms with Gasteiger partial charge in [-0.2, -0.15) is 9.61 Å². The summed E-state index contributed by atoms with van der Waals surface area (Å²) < 4.78 is 1.44. The minimum atomic E-state index is -0.0502. The predicted molar refractivity (Wildman–Crippen MR) is 87.3 cm³/mol. The second-order valence-electron chi connectivity index (χ2n) is 6.61. The molecule has 0 N–H and O–H groups in total. The Kier molecular flexibility index (Phi) is 3.53. The number of aryl methyl sites for hydroxylation is 1. The van der Waals surface area contributed by atoms with Crippen LogP contribution in [0, 0.1) is 5.92 Å². The zero-order valence-electron chi connectivity index (χ0n) is 13.2. The standard InChI is InChI=1S/C16H22N4OS/c1-3-14-18-20-15(21)8-12(17-16(20)22-14)9-19(13-6-7-13)10(2)11-4-5-11/h8,10-11,13H,3-7,9H2,1-2H3/t10-/m1/s1. The normalized spacial score (nSPS) is 20.0. The summed E-state index contributed by atoms with van der Waals surface area (Å²) in [5, 5.41) is 5.28. The fourth-order valence-corrected chi connectivity index (χ4v) is 4.03. The van der Waals surface area contributed by atoms with Crippen LogP contribution in [0.15, 0.2) is 10.9 Å². The van der Waals surface area contributed by atoms with E-state index in [-0.39, 0.29) is 5.56 Å². The number of aromatic nitrogens is 3. The highest BCUT2D eigenvalue weighted by molar-refractivity contribution is 7.16. The minimum absolute atomic E-state index is 0.0502. The van der Waals surface area contributed by atoms with Crippen molar-refractivity contribution in [1.29, 1.82) is 0 Å². The summed E-state index contributed by atoms with van der Waals surface area (Å²) in [7, 11) is 0. The molecule has 0 unspecified atom stereocenters. The lowest BCUT2D eigenvalue weighted by atomic mass is 10.1. The SMILES string of the molecule is CCc1nn2c(=O)cc(CN(C3CC3)[C@H](C)C3CC3)nc2s1. The summed E-state index contributed by atoms with van der Waals surface area (Å²) in [6, 6.07) is 2.98. The maximum absolute atomic E-state index is 12.3. The van der Waals surface area contributed by atoms with Crippen LogP contribution in [0.1, 0.15) is 50.2 Å². The van der Waals surface area contributed by atoms with Gasteiger partial charge in [0.15, 0.2) is 0 Å². The van der Waals surface area contributed by atoms with E-state index < -0.39 is 0 Å². The van der Waals surface area contributed by atoms with Crippen molar-refractivity contribution in [2.45, 2.75) is 64.6 Å². The summed E-state index contributed by atoms with van der Waals surface area (Å²) in [6.45, 7) is 5.19. The lowest BCUT2D eigenvalue weighted by molar-refractivity contribution is 0.168. The molecule has 0 aromatic carbocycles. The molecule has 0 amide bonds. The molecule has 0 radical (unpaired) electrons. The average Bonchev–Trinajstić information content (AvgIpc) is 3.40. The molecule has 2 aliphatic rings. The van der Waals surface area contributed by atoms with Crippen molar-refractivity contribution in [2.75, 3.05) is 0 Å². The summed E-state index contributed by atoms with van der Waals surface area (Å²) >= 11 is 1.53. The maximum atomic E-state index is 12.3. The molecule has 2 aliphatic carbocycles. The smallest absolute Gasteiger partial charge is 0.275 e. The molecular weight excluding hydrogens is 296 g/mol. The molecule has 4 rings (SSSR count). The molecule has 6 heteroatoms. The van der Waals surface area contributed by atoms with Gasteiger partial charge in [-0.25, -0.2) is 4.98 Å². The van der Waals surface area contributed by atoms with Gasteiger partial charge in [0.1, 0.15) is 5.01 Å². The highest BCUT2D eigenvalue weighted by Crippen LogP contribution is 2.40. The van der Waals surface area contributed by atoms with Crippen molar-refractivity contribution < 1.29 is 0 Å². The molecule has 0 saturated heterocycles. The van der Waals surface area contributed by atoms with E-state index in [2.05, 4.69) is 23.8 Å². The van der Waals surface area contributed by atoms with Crippen LogP contribution in [0.2, 0.25) is 0 Å². The Bertz CT molecular complexity index is 744. The Morgan fingerprint density at radius 1 is 1.41 bits per heavy atom. The van der Waals surface area contributed by atoms with Gasteiger partial charge >= 0.3 is 0 Å². The van der Waals surface area contributed by atoms with Crippen LogP contribution in [-0.2, 0) is 13.0 Å². The van der Waals surface area contributed by atoms with Crippen LogP contribution in [0.3, 0.4) is 0 Å². The van der Waals surface area contributed by atoms with Crippen molar-refractivity contribution in [1.82, 2.24) is 19.5 Å². The van der Waals surface area contributed by atoms with E-state index in [4.69, 9.17) is 4.98 Å². The molecule has 1 atom stereocenters. The first kappa shape index (κ1) is 14.3. The molecule has 0 bridgehead atoms.